The quantitative estimate of drug-likeness (QED) is 0.599. The molecule has 1 aliphatic rings. The van der Waals surface area contributed by atoms with Gasteiger partial charge in [-0.1, -0.05) is 0 Å². The molecule has 82 valence electrons. The molecule has 0 aromatic carbocycles. The smallest absolute Gasteiger partial charge is 0.364 e. The summed E-state index contributed by atoms with van der Waals surface area (Å²) in [5, 5.41) is 0. The van der Waals surface area contributed by atoms with Crippen LogP contribution in [0.2, 0.25) is 0 Å². The first-order chi connectivity index (χ1) is 6.79. The highest BCUT2D eigenvalue weighted by Gasteiger charge is 2.42. The number of hydrogen-bond donors (Lipinski definition) is 0. The minimum atomic E-state index is -1.25. The number of ether oxygens (including phenoxy) is 4. The Kier molecular flexibility index (Phi) is 4.31. The SMILES string of the molecule is CCOC(OC)(OCC)C1=NCCO1. The van der Waals surface area contributed by atoms with Gasteiger partial charge in [0, 0.05) is 7.11 Å². The molecule has 0 bridgehead atoms. The van der Waals surface area contributed by atoms with Crippen molar-refractivity contribution in [1.82, 2.24) is 0 Å². The van der Waals surface area contributed by atoms with E-state index in [1.165, 1.54) is 7.11 Å². The van der Waals surface area contributed by atoms with E-state index in [1.807, 2.05) is 13.8 Å². The minimum Gasteiger partial charge on any atom is -0.473 e. The van der Waals surface area contributed by atoms with E-state index in [-0.39, 0.29) is 0 Å². The predicted octanol–water partition coefficient (Wildman–Crippen LogP) is 0.788. The molecule has 1 aliphatic heterocycles. The van der Waals surface area contributed by atoms with Crippen LogP contribution in [-0.4, -0.2) is 45.3 Å². The highest BCUT2D eigenvalue weighted by atomic mass is 16.9. The van der Waals surface area contributed by atoms with Crippen LogP contribution in [0, 0.1) is 0 Å². The Hall–Kier alpha value is -0.650. The zero-order chi connectivity index (χ0) is 10.4. The zero-order valence-corrected chi connectivity index (χ0v) is 8.91. The molecule has 0 radical (unpaired) electrons. The molecule has 0 aromatic heterocycles. The molecule has 0 amide bonds. The van der Waals surface area contributed by atoms with Crippen molar-refractivity contribution < 1.29 is 18.9 Å². The summed E-state index contributed by atoms with van der Waals surface area (Å²) in [7, 11) is 1.51. The molecule has 5 nitrogen and oxygen atoms in total. The van der Waals surface area contributed by atoms with Crippen molar-refractivity contribution in [3.05, 3.63) is 0 Å². The molecule has 14 heavy (non-hydrogen) atoms. The second kappa shape index (κ2) is 5.29. The van der Waals surface area contributed by atoms with Gasteiger partial charge in [0.15, 0.2) is 0 Å². The topological polar surface area (TPSA) is 49.3 Å². The average molecular weight is 203 g/mol. The summed E-state index contributed by atoms with van der Waals surface area (Å²) in [5.41, 5.74) is 0. The maximum atomic E-state index is 5.40. The summed E-state index contributed by atoms with van der Waals surface area (Å²) < 4.78 is 21.3. The molecule has 1 heterocycles. The van der Waals surface area contributed by atoms with Crippen molar-refractivity contribution in [3.8, 4) is 0 Å². The fraction of sp³-hybridized carbons (Fsp3) is 0.889. The Balaban J connectivity index is 2.75. The Morgan fingerprint density at radius 1 is 1.36 bits per heavy atom. The molecule has 0 atom stereocenters. The number of rotatable bonds is 6. The zero-order valence-electron chi connectivity index (χ0n) is 8.91. The van der Waals surface area contributed by atoms with E-state index in [1.54, 1.807) is 0 Å². The molecule has 5 heteroatoms. The van der Waals surface area contributed by atoms with Gasteiger partial charge in [-0.3, -0.25) is 0 Å². The van der Waals surface area contributed by atoms with Crippen molar-refractivity contribution in [3.63, 3.8) is 0 Å². The monoisotopic (exact) mass is 203 g/mol. The first-order valence-electron chi connectivity index (χ1n) is 4.79. The van der Waals surface area contributed by atoms with Gasteiger partial charge < -0.3 is 18.9 Å². The van der Waals surface area contributed by atoms with Crippen molar-refractivity contribution in [1.29, 1.82) is 0 Å². The van der Waals surface area contributed by atoms with Gasteiger partial charge in [0.2, 0.25) is 0 Å². The molecule has 0 aliphatic carbocycles. The third kappa shape index (κ3) is 2.23. The normalized spacial score (nSPS) is 16.6. The lowest BCUT2D eigenvalue weighted by Crippen LogP contribution is -2.46. The fourth-order valence-electron chi connectivity index (χ4n) is 1.27. The molecular formula is C9H17NO4. The third-order valence-corrected chi connectivity index (χ3v) is 1.78. The maximum Gasteiger partial charge on any atom is 0.364 e. The summed E-state index contributed by atoms with van der Waals surface area (Å²) >= 11 is 0. The highest BCUT2D eigenvalue weighted by Crippen LogP contribution is 2.20. The van der Waals surface area contributed by atoms with E-state index in [4.69, 9.17) is 18.9 Å². The van der Waals surface area contributed by atoms with Crippen LogP contribution in [0.15, 0.2) is 4.99 Å². The summed E-state index contributed by atoms with van der Waals surface area (Å²) in [4.78, 5) is 4.14. The van der Waals surface area contributed by atoms with Crippen LogP contribution in [0.25, 0.3) is 0 Å². The van der Waals surface area contributed by atoms with Crippen molar-refractivity contribution in [2.45, 2.75) is 19.8 Å². The van der Waals surface area contributed by atoms with Gasteiger partial charge in [0.1, 0.15) is 6.61 Å². The standard InChI is InChI=1S/C9H17NO4/c1-4-13-9(11-3,14-5-2)8-10-6-7-12-8/h4-7H2,1-3H3. The lowest BCUT2D eigenvalue weighted by atomic mass is 10.5. The number of nitrogens with zero attached hydrogens (tertiary/aromatic N) is 1. The average Bonchev–Trinajstić information content (AvgIpc) is 2.70. The van der Waals surface area contributed by atoms with E-state index < -0.39 is 5.97 Å². The second-order valence-corrected chi connectivity index (χ2v) is 2.66. The van der Waals surface area contributed by atoms with Crippen LogP contribution < -0.4 is 0 Å². The van der Waals surface area contributed by atoms with Crippen LogP contribution in [0.4, 0.5) is 0 Å². The molecule has 0 saturated heterocycles. The Morgan fingerprint density at radius 2 is 2.00 bits per heavy atom. The molecule has 0 unspecified atom stereocenters. The van der Waals surface area contributed by atoms with Gasteiger partial charge in [0.05, 0.1) is 19.8 Å². The summed E-state index contributed by atoms with van der Waals surface area (Å²) in [5.74, 6) is -0.872. The summed E-state index contributed by atoms with van der Waals surface area (Å²) in [6.07, 6.45) is 0. The van der Waals surface area contributed by atoms with E-state index in [0.717, 1.165) is 0 Å². The predicted molar refractivity (Wildman–Crippen MR) is 51.2 cm³/mol. The van der Waals surface area contributed by atoms with Crippen molar-refractivity contribution >= 4 is 5.90 Å². The lowest BCUT2D eigenvalue weighted by Gasteiger charge is -2.29. The molecule has 0 aromatic rings. The van der Waals surface area contributed by atoms with Gasteiger partial charge in [-0.25, -0.2) is 4.99 Å². The van der Waals surface area contributed by atoms with Crippen LogP contribution in [-0.2, 0) is 18.9 Å². The lowest BCUT2D eigenvalue weighted by molar-refractivity contribution is -0.328. The summed E-state index contributed by atoms with van der Waals surface area (Å²) in [6.45, 7) is 5.85. The first kappa shape index (κ1) is 11.4. The van der Waals surface area contributed by atoms with Gasteiger partial charge >= 0.3 is 5.97 Å². The second-order valence-electron chi connectivity index (χ2n) is 2.66. The van der Waals surface area contributed by atoms with E-state index in [0.29, 0.717) is 32.3 Å². The molecule has 0 saturated carbocycles. The maximum absolute atomic E-state index is 5.40. The third-order valence-electron chi connectivity index (χ3n) is 1.78. The largest absolute Gasteiger partial charge is 0.473 e. The minimum absolute atomic E-state index is 0.378. The molecule has 0 spiro atoms. The Bertz CT molecular complexity index is 199. The van der Waals surface area contributed by atoms with Gasteiger partial charge in [-0.05, 0) is 13.8 Å². The van der Waals surface area contributed by atoms with Crippen molar-refractivity contribution in [2.24, 2.45) is 4.99 Å². The Labute approximate surface area is 84.0 Å². The highest BCUT2D eigenvalue weighted by molar-refractivity contribution is 5.83. The van der Waals surface area contributed by atoms with Crippen molar-refractivity contribution in [2.75, 3.05) is 33.5 Å². The van der Waals surface area contributed by atoms with E-state index >= 15 is 0 Å². The fourth-order valence-corrected chi connectivity index (χ4v) is 1.27. The molecule has 0 fully saturated rings. The summed E-state index contributed by atoms with van der Waals surface area (Å²) in [6, 6.07) is 0. The molecular weight excluding hydrogens is 186 g/mol. The number of hydrogen-bond acceptors (Lipinski definition) is 5. The van der Waals surface area contributed by atoms with Crippen LogP contribution in [0.3, 0.4) is 0 Å². The number of methoxy groups -OCH3 is 1. The number of aliphatic imine (C=N–C) groups is 1. The van der Waals surface area contributed by atoms with E-state index in [9.17, 15) is 0 Å². The van der Waals surface area contributed by atoms with Gasteiger partial charge in [0.25, 0.3) is 5.90 Å². The van der Waals surface area contributed by atoms with Crippen LogP contribution >= 0.6 is 0 Å². The Morgan fingerprint density at radius 3 is 2.36 bits per heavy atom. The van der Waals surface area contributed by atoms with Crippen LogP contribution in [0.1, 0.15) is 13.8 Å². The molecule has 1 rings (SSSR count). The first-order valence-corrected chi connectivity index (χ1v) is 4.79. The van der Waals surface area contributed by atoms with Crippen LogP contribution in [0.5, 0.6) is 0 Å². The van der Waals surface area contributed by atoms with Gasteiger partial charge in [-0.15, -0.1) is 0 Å². The van der Waals surface area contributed by atoms with Gasteiger partial charge in [-0.2, -0.15) is 0 Å². The van der Waals surface area contributed by atoms with E-state index in [2.05, 4.69) is 4.99 Å². The molecule has 0 N–H and O–H groups in total.